The lowest BCUT2D eigenvalue weighted by molar-refractivity contribution is -0.148. The number of nitrogens with zero attached hydrogens (tertiary/aromatic N) is 1. The normalized spacial score (nSPS) is 15.7. The fraction of sp³-hybridized carbons (Fsp3) is 0.571. The Labute approximate surface area is 116 Å². The Morgan fingerprint density at radius 3 is 2.55 bits per heavy atom. The summed E-state index contributed by atoms with van der Waals surface area (Å²) >= 11 is 0. The van der Waals surface area contributed by atoms with Crippen molar-refractivity contribution in [2.45, 2.75) is 38.1 Å². The van der Waals surface area contributed by atoms with E-state index in [1.165, 1.54) is 4.90 Å². The molecule has 112 valence electrons. The second-order valence-electron chi connectivity index (χ2n) is 5.10. The van der Waals surface area contributed by atoms with Crippen LogP contribution in [0.5, 0.6) is 5.75 Å². The molecule has 2 N–H and O–H groups in total. The smallest absolute Gasteiger partial charge is 0.401 e. The molecule has 3 nitrogen and oxygen atoms in total. The van der Waals surface area contributed by atoms with Gasteiger partial charge in [-0.15, -0.1) is 0 Å². The lowest BCUT2D eigenvalue weighted by atomic mass is 10.1. The molecule has 6 heteroatoms. The third kappa shape index (κ3) is 4.11. The second kappa shape index (κ2) is 6.01. The van der Waals surface area contributed by atoms with E-state index in [0.717, 1.165) is 24.0 Å². The van der Waals surface area contributed by atoms with Gasteiger partial charge < -0.3 is 10.5 Å². The summed E-state index contributed by atoms with van der Waals surface area (Å²) in [5.74, 6) is 0.671. The Hall–Kier alpha value is -1.27. The molecule has 0 radical (unpaired) electrons. The van der Waals surface area contributed by atoms with Gasteiger partial charge in [-0.25, -0.2) is 0 Å². The molecule has 0 spiro atoms. The number of benzene rings is 1. The van der Waals surface area contributed by atoms with Crippen LogP contribution in [0, 0.1) is 0 Å². The van der Waals surface area contributed by atoms with Crippen LogP contribution in [0.3, 0.4) is 0 Å². The lowest BCUT2D eigenvalue weighted by Crippen LogP contribution is -2.35. The van der Waals surface area contributed by atoms with Gasteiger partial charge in [0.1, 0.15) is 5.75 Å². The number of halogens is 3. The van der Waals surface area contributed by atoms with Gasteiger partial charge in [0.25, 0.3) is 0 Å². The van der Waals surface area contributed by atoms with E-state index in [4.69, 9.17) is 10.5 Å². The molecule has 1 aromatic carbocycles. The molecule has 0 heterocycles. The van der Waals surface area contributed by atoms with Gasteiger partial charge in [-0.2, -0.15) is 13.2 Å². The first kappa shape index (κ1) is 15.1. The standard InChI is InChI=1S/C14H19F3N2O/c1-20-13-5-2-10(6-11(13)7-18)8-19(12-3-4-12)9-14(15,16)17/h2,5-6,12H,3-4,7-9,18H2,1H3. The number of ether oxygens (including phenoxy) is 1. The maximum atomic E-state index is 12.6. The fourth-order valence-electron chi connectivity index (χ4n) is 2.31. The van der Waals surface area contributed by atoms with E-state index < -0.39 is 12.7 Å². The Morgan fingerprint density at radius 1 is 1.35 bits per heavy atom. The van der Waals surface area contributed by atoms with Crippen molar-refractivity contribution in [2.24, 2.45) is 5.73 Å². The van der Waals surface area contributed by atoms with Crippen LogP contribution >= 0.6 is 0 Å². The SMILES string of the molecule is COc1ccc(CN(CC(F)(F)F)C2CC2)cc1CN. The second-order valence-corrected chi connectivity index (χ2v) is 5.10. The van der Waals surface area contributed by atoms with E-state index in [1.54, 1.807) is 19.2 Å². The maximum absolute atomic E-state index is 12.6. The van der Waals surface area contributed by atoms with Gasteiger partial charge in [0.05, 0.1) is 13.7 Å². The number of methoxy groups -OCH3 is 1. The summed E-state index contributed by atoms with van der Waals surface area (Å²) < 4.78 is 42.9. The van der Waals surface area contributed by atoms with E-state index >= 15 is 0 Å². The predicted molar refractivity (Wildman–Crippen MR) is 70.4 cm³/mol. The molecule has 0 aliphatic heterocycles. The molecule has 1 saturated carbocycles. The molecule has 1 aromatic rings. The molecule has 0 amide bonds. The van der Waals surface area contributed by atoms with Crippen LogP contribution in [0.2, 0.25) is 0 Å². The molecule has 1 aliphatic rings. The minimum atomic E-state index is -4.16. The summed E-state index contributed by atoms with van der Waals surface area (Å²) in [7, 11) is 1.55. The van der Waals surface area contributed by atoms with Crippen LogP contribution in [0.4, 0.5) is 13.2 Å². The summed E-state index contributed by atoms with van der Waals surface area (Å²) in [6, 6.07) is 5.44. The summed E-state index contributed by atoms with van der Waals surface area (Å²) in [5.41, 5.74) is 7.27. The number of hydrogen-bond donors (Lipinski definition) is 1. The van der Waals surface area contributed by atoms with Crippen molar-refractivity contribution < 1.29 is 17.9 Å². The highest BCUT2D eigenvalue weighted by atomic mass is 19.4. The van der Waals surface area contributed by atoms with Gasteiger partial charge in [0.15, 0.2) is 0 Å². The van der Waals surface area contributed by atoms with Gasteiger partial charge >= 0.3 is 6.18 Å². The maximum Gasteiger partial charge on any atom is 0.401 e. The van der Waals surface area contributed by atoms with Gasteiger partial charge in [-0.1, -0.05) is 6.07 Å². The summed E-state index contributed by atoms with van der Waals surface area (Å²) in [5, 5.41) is 0. The minimum absolute atomic E-state index is 0.0556. The molecule has 0 bridgehead atoms. The molecule has 0 atom stereocenters. The highest BCUT2D eigenvalue weighted by molar-refractivity contribution is 5.37. The van der Waals surface area contributed by atoms with Gasteiger partial charge in [-0.05, 0) is 30.5 Å². The van der Waals surface area contributed by atoms with Gasteiger partial charge in [0.2, 0.25) is 0 Å². The number of hydrogen-bond acceptors (Lipinski definition) is 3. The first-order chi connectivity index (χ1) is 9.43. The predicted octanol–water partition coefficient (Wildman–Crippen LogP) is 2.68. The third-order valence-corrected chi connectivity index (χ3v) is 3.40. The van der Waals surface area contributed by atoms with Crippen LogP contribution in [-0.4, -0.2) is 30.8 Å². The summed E-state index contributed by atoms with van der Waals surface area (Å²) in [6.45, 7) is -0.261. The zero-order chi connectivity index (χ0) is 14.8. The van der Waals surface area contributed by atoms with E-state index in [9.17, 15) is 13.2 Å². The molecule has 0 unspecified atom stereocenters. The number of nitrogens with two attached hydrogens (primary N) is 1. The molecule has 2 rings (SSSR count). The molecule has 20 heavy (non-hydrogen) atoms. The number of rotatable bonds is 6. The van der Waals surface area contributed by atoms with Crippen LogP contribution in [0.25, 0.3) is 0 Å². The first-order valence-corrected chi connectivity index (χ1v) is 6.59. The van der Waals surface area contributed by atoms with Crippen LogP contribution in [0.15, 0.2) is 18.2 Å². The van der Waals surface area contributed by atoms with Crippen molar-refractivity contribution in [1.29, 1.82) is 0 Å². The third-order valence-electron chi connectivity index (χ3n) is 3.40. The van der Waals surface area contributed by atoms with Crippen molar-refractivity contribution in [3.8, 4) is 5.75 Å². The largest absolute Gasteiger partial charge is 0.496 e. The van der Waals surface area contributed by atoms with Crippen LogP contribution < -0.4 is 10.5 Å². The quantitative estimate of drug-likeness (QED) is 0.874. The summed E-state index contributed by atoms with van der Waals surface area (Å²) in [6.07, 6.45) is -2.47. The average Bonchev–Trinajstić information content (AvgIpc) is 3.20. The Balaban J connectivity index is 2.10. The zero-order valence-corrected chi connectivity index (χ0v) is 11.4. The Bertz CT molecular complexity index is 458. The van der Waals surface area contributed by atoms with Crippen LogP contribution in [-0.2, 0) is 13.1 Å². The van der Waals surface area contributed by atoms with E-state index in [-0.39, 0.29) is 6.04 Å². The van der Waals surface area contributed by atoms with Gasteiger partial charge in [-0.3, -0.25) is 4.90 Å². The monoisotopic (exact) mass is 288 g/mol. The van der Waals surface area contributed by atoms with E-state index in [0.29, 0.717) is 18.8 Å². The first-order valence-electron chi connectivity index (χ1n) is 6.59. The topological polar surface area (TPSA) is 38.5 Å². The Morgan fingerprint density at radius 2 is 2.05 bits per heavy atom. The highest BCUT2D eigenvalue weighted by Crippen LogP contribution is 2.32. The van der Waals surface area contributed by atoms with Crippen LogP contribution in [0.1, 0.15) is 24.0 Å². The van der Waals surface area contributed by atoms with Crippen molar-refractivity contribution in [1.82, 2.24) is 4.90 Å². The van der Waals surface area contributed by atoms with Crippen molar-refractivity contribution in [3.63, 3.8) is 0 Å². The lowest BCUT2D eigenvalue weighted by Gasteiger charge is -2.23. The zero-order valence-electron chi connectivity index (χ0n) is 11.4. The number of alkyl halides is 3. The molecule has 1 aliphatic carbocycles. The highest BCUT2D eigenvalue weighted by Gasteiger charge is 2.37. The molecular weight excluding hydrogens is 269 g/mol. The van der Waals surface area contributed by atoms with Gasteiger partial charge in [0, 0.05) is 24.7 Å². The molecule has 1 fully saturated rings. The molecule has 0 saturated heterocycles. The Kier molecular flexibility index (Phi) is 4.55. The summed E-state index contributed by atoms with van der Waals surface area (Å²) in [4.78, 5) is 1.49. The fourth-order valence-corrected chi connectivity index (χ4v) is 2.31. The minimum Gasteiger partial charge on any atom is -0.496 e. The van der Waals surface area contributed by atoms with Crippen molar-refractivity contribution >= 4 is 0 Å². The molecule has 0 aromatic heterocycles. The van der Waals surface area contributed by atoms with Crippen molar-refractivity contribution in [2.75, 3.05) is 13.7 Å². The molecular formula is C14H19F3N2O. The average molecular weight is 288 g/mol. The van der Waals surface area contributed by atoms with Crippen molar-refractivity contribution in [3.05, 3.63) is 29.3 Å². The van der Waals surface area contributed by atoms with E-state index in [2.05, 4.69) is 0 Å². The van der Waals surface area contributed by atoms with E-state index in [1.807, 2.05) is 6.07 Å².